The molecule has 34 heavy (non-hydrogen) atoms. The lowest BCUT2D eigenvalue weighted by Crippen LogP contribution is -2.21. The van der Waals surface area contributed by atoms with E-state index in [9.17, 15) is 8.42 Å². The molecule has 0 amide bonds. The maximum atomic E-state index is 15.3. The summed E-state index contributed by atoms with van der Waals surface area (Å²) in [5.41, 5.74) is 0.350. The van der Waals surface area contributed by atoms with Gasteiger partial charge >= 0.3 is 0 Å². The molecule has 178 valence electrons. The molecule has 2 aromatic heterocycles. The third kappa shape index (κ3) is 3.63. The van der Waals surface area contributed by atoms with Crippen molar-refractivity contribution in [2.24, 2.45) is 0 Å². The van der Waals surface area contributed by atoms with Gasteiger partial charge in [0.1, 0.15) is 24.3 Å². The number of rotatable bonds is 7. The largest absolute Gasteiger partial charge is 0.495 e. The van der Waals surface area contributed by atoms with Crippen molar-refractivity contribution in [1.29, 1.82) is 0 Å². The number of anilines is 1. The number of ether oxygens (including phenoxy) is 4. The number of sulfonamides is 1. The predicted molar refractivity (Wildman–Crippen MR) is 117 cm³/mol. The van der Waals surface area contributed by atoms with Gasteiger partial charge in [0.2, 0.25) is 0 Å². The summed E-state index contributed by atoms with van der Waals surface area (Å²) in [7, 11) is -1.75. The lowest BCUT2D eigenvalue weighted by atomic mass is 10.1. The Morgan fingerprint density at radius 3 is 2.76 bits per heavy atom. The van der Waals surface area contributed by atoms with Gasteiger partial charge in [0.05, 0.1) is 20.8 Å². The molecule has 5 rings (SSSR count). The first-order valence-electron chi connectivity index (χ1n) is 10.0. The molecule has 0 spiro atoms. The number of benzene rings is 2. The van der Waals surface area contributed by atoms with Crippen LogP contribution in [0, 0.1) is 5.82 Å². The van der Waals surface area contributed by atoms with Crippen molar-refractivity contribution in [3.8, 4) is 23.0 Å². The highest BCUT2D eigenvalue weighted by Gasteiger charge is 2.32. The third-order valence-corrected chi connectivity index (χ3v) is 6.56. The monoisotopic (exact) mass is 490 g/mol. The van der Waals surface area contributed by atoms with Crippen LogP contribution >= 0.6 is 0 Å². The van der Waals surface area contributed by atoms with Crippen molar-refractivity contribution in [2.75, 3.05) is 32.2 Å². The van der Waals surface area contributed by atoms with Gasteiger partial charge in [0.15, 0.2) is 39.4 Å². The molecule has 0 saturated heterocycles. The van der Waals surface area contributed by atoms with E-state index in [1.54, 1.807) is 24.5 Å². The number of aromatic nitrogens is 3. The van der Waals surface area contributed by atoms with Crippen LogP contribution in [0.3, 0.4) is 0 Å². The zero-order valence-corrected chi connectivity index (χ0v) is 18.9. The second-order valence-corrected chi connectivity index (χ2v) is 8.84. The van der Waals surface area contributed by atoms with E-state index in [1.165, 1.54) is 31.0 Å². The Kier molecular flexibility index (Phi) is 5.40. The van der Waals surface area contributed by atoms with Gasteiger partial charge in [-0.25, -0.2) is 12.8 Å². The molecule has 2 aromatic carbocycles. The first-order valence-corrected chi connectivity index (χ1v) is 11.5. The normalized spacial score (nSPS) is 13.1. The van der Waals surface area contributed by atoms with Crippen LogP contribution in [0.2, 0.25) is 0 Å². The molecule has 1 N–H and O–H groups in total. The molecule has 4 aromatic rings. The summed E-state index contributed by atoms with van der Waals surface area (Å²) >= 11 is 0. The van der Waals surface area contributed by atoms with Crippen LogP contribution in [0.4, 0.5) is 10.2 Å². The predicted octanol–water partition coefficient (Wildman–Crippen LogP) is 2.80. The number of hydrogen-bond acceptors (Lipinski definition) is 9. The minimum absolute atomic E-state index is 0.00514. The quantitative estimate of drug-likeness (QED) is 0.416. The summed E-state index contributed by atoms with van der Waals surface area (Å²) in [4.78, 5) is -0.280. The topological polar surface area (TPSA) is 127 Å². The van der Waals surface area contributed by atoms with Gasteiger partial charge in [-0.2, -0.15) is 5.10 Å². The SMILES string of the molecule is COc1ccc2c(c1S(=O)(=O)Nc1noc3cc(Cn4cccn4)c(F)c(OC)c13)OCCO2. The van der Waals surface area contributed by atoms with Crippen molar-refractivity contribution in [1.82, 2.24) is 14.9 Å². The van der Waals surface area contributed by atoms with E-state index in [4.69, 9.17) is 23.5 Å². The summed E-state index contributed by atoms with van der Waals surface area (Å²) in [6.07, 6.45) is 3.25. The van der Waals surface area contributed by atoms with Crippen LogP contribution in [0.1, 0.15) is 5.56 Å². The standard InChI is InChI=1S/C21H19FN4O7S/c1-29-14-5-4-13-18(32-9-8-31-13)20(14)34(27,28)25-21-16-15(33-24-21)10-12(17(22)19(16)30-2)11-26-7-3-6-23-26/h3-7,10H,8-9,11H2,1-2H3,(H,24,25). The van der Waals surface area contributed by atoms with E-state index in [0.717, 1.165) is 0 Å². The molecule has 0 fully saturated rings. The molecule has 1 aliphatic rings. The molecular formula is C21H19FN4O7S. The number of hydrogen-bond donors (Lipinski definition) is 1. The Morgan fingerprint density at radius 2 is 2.03 bits per heavy atom. The third-order valence-electron chi connectivity index (χ3n) is 5.17. The van der Waals surface area contributed by atoms with Crippen molar-refractivity contribution >= 4 is 26.8 Å². The van der Waals surface area contributed by atoms with E-state index in [2.05, 4.69) is 15.0 Å². The lowest BCUT2D eigenvalue weighted by Gasteiger charge is -2.22. The molecule has 13 heteroatoms. The summed E-state index contributed by atoms with van der Waals surface area (Å²) in [5, 5.41) is 7.90. The van der Waals surface area contributed by atoms with Gasteiger partial charge in [-0.15, -0.1) is 0 Å². The van der Waals surface area contributed by atoms with E-state index >= 15 is 4.39 Å². The fourth-order valence-electron chi connectivity index (χ4n) is 3.71. The number of nitrogens with one attached hydrogen (secondary N) is 1. The molecule has 3 heterocycles. The first kappa shape index (κ1) is 21.8. The number of nitrogens with zero attached hydrogens (tertiary/aromatic N) is 3. The number of methoxy groups -OCH3 is 2. The summed E-state index contributed by atoms with van der Waals surface area (Å²) in [6.45, 7) is 0.544. The number of halogens is 1. The maximum Gasteiger partial charge on any atom is 0.270 e. The smallest absolute Gasteiger partial charge is 0.270 e. The summed E-state index contributed by atoms with van der Waals surface area (Å²) < 4.78 is 72.8. The average molecular weight is 490 g/mol. The molecule has 1 aliphatic heterocycles. The van der Waals surface area contributed by atoms with Gasteiger partial charge in [-0.05, 0) is 24.3 Å². The molecule has 0 bridgehead atoms. The highest BCUT2D eigenvalue weighted by molar-refractivity contribution is 7.93. The Bertz CT molecular complexity index is 1470. The second-order valence-electron chi connectivity index (χ2n) is 7.22. The molecule has 0 radical (unpaired) electrons. The van der Waals surface area contributed by atoms with Crippen LogP contribution in [-0.2, 0) is 16.6 Å². The highest BCUT2D eigenvalue weighted by Crippen LogP contribution is 2.44. The molecular weight excluding hydrogens is 471 g/mol. The minimum Gasteiger partial charge on any atom is -0.495 e. The van der Waals surface area contributed by atoms with Crippen molar-refractivity contribution in [3.63, 3.8) is 0 Å². The van der Waals surface area contributed by atoms with Crippen molar-refractivity contribution in [2.45, 2.75) is 11.4 Å². The van der Waals surface area contributed by atoms with E-state index in [-0.39, 0.29) is 70.0 Å². The van der Waals surface area contributed by atoms with Crippen LogP contribution < -0.4 is 23.7 Å². The zero-order valence-electron chi connectivity index (χ0n) is 18.1. The molecule has 0 atom stereocenters. The number of fused-ring (bicyclic) bond motifs is 2. The van der Waals surface area contributed by atoms with E-state index in [0.29, 0.717) is 0 Å². The van der Waals surface area contributed by atoms with Crippen molar-refractivity contribution in [3.05, 3.63) is 48.0 Å². The fraction of sp³-hybridized carbons (Fsp3) is 0.238. The Balaban J connectivity index is 1.59. The van der Waals surface area contributed by atoms with Gasteiger partial charge in [0, 0.05) is 18.0 Å². The van der Waals surface area contributed by atoms with Crippen LogP contribution in [0.25, 0.3) is 11.0 Å². The Hall–Kier alpha value is -4.00. The molecule has 0 aliphatic carbocycles. The van der Waals surface area contributed by atoms with Gasteiger partial charge < -0.3 is 23.5 Å². The van der Waals surface area contributed by atoms with Gasteiger partial charge in [0.25, 0.3) is 10.0 Å². The van der Waals surface area contributed by atoms with E-state index in [1.807, 2.05) is 0 Å². The average Bonchev–Trinajstić information content (AvgIpc) is 3.49. The van der Waals surface area contributed by atoms with Crippen LogP contribution in [0.15, 0.2) is 46.1 Å². The summed E-state index contributed by atoms with van der Waals surface area (Å²) in [6, 6.07) is 6.13. The second kappa shape index (κ2) is 8.41. The lowest BCUT2D eigenvalue weighted by molar-refractivity contribution is 0.165. The zero-order chi connectivity index (χ0) is 23.9. The van der Waals surface area contributed by atoms with Gasteiger partial charge in [-0.3, -0.25) is 9.40 Å². The molecule has 11 nitrogen and oxygen atoms in total. The van der Waals surface area contributed by atoms with E-state index < -0.39 is 15.8 Å². The molecule has 0 unspecified atom stereocenters. The highest BCUT2D eigenvalue weighted by atomic mass is 32.2. The fourth-order valence-corrected chi connectivity index (χ4v) is 5.02. The van der Waals surface area contributed by atoms with Crippen molar-refractivity contribution < 1.29 is 36.3 Å². The maximum absolute atomic E-state index is 15.3. The molecule has 0 saturated carbocycles. The van der Waals surface area contributed by atoms with Gasteiger partial charge in [-0.1, -0.05) is 5.16 Å². The van der Waals surface area contributed by atoms with Crippen LogP contribution in [0.5, 0.6) is 23.0 Å². The van der Waals surface area contributed by atoms with Crippen LogP contribution in [-0.4, -0.2) is 50.8 Å². The summed E-state index contributed by atoms with van der Waals surface area (Å²) in [5.74, 6) is -0.882. The minimum atomic E-state index is -4.34. The Morgan fingerprint density at radius 1 is 1.21 bits per heavy atom. The first-order chi connectivity index (χ1) is 16.4. The Labute approximate surface area is 193 Å².